The van der Waals surface area contributed by atoms with Gasteiger partial charge in [-0.2, -0.15) is 0 Å². The molecule has 0 aliphatic carbocycles. The largest absolute Gasteiger partial charge is 0.544 e. The number of carboxylic acid groups (broad SMARTS) is 1. The SMILES string of the molecule is CC/C=C\C/C=C\C/C=C\C/C=C\CCCCCCCCC(=O)OC(COCCC(C(=O)[O-])[N+](C)(C)C)COC(=O)CCCCCCCCCCCCCCCCCCCC. The summed E-state index contributed by atoms with van der Waals surface area (Å²) in [6.07, 6.45) is 52.8. The molecule has 0 radical (unpaired) electrons. The maximum atomic E-state index is 12.8. The number of ether oxygens (including phenoxy) is 3. The van der Waals surface area contributed by atoms with Gasteiger partial charge in [0, 0.05) is 19.3 Å². The molecule has 0 saturated heterocycles. The van der Waals surface area contributed by atoms with Crippen molar-refractivity contribution in [1.82, 2.24) is 0 Å². The average molecular weight is 858 g/mol. The number of likely N-dealkylation sites (N-methyl/N-ethyl adjacent to an activating group) is 1. The van der Waals surface area contributed by atoms with E-state index in [4.69, 9.17) is 14.2 Å². The predicted molar refractivity (Wildman–Crippen MR) is 254 cm³/mol. The minimum absolute atomic E-state index is 0.0361. The molecule has 0 fully saturated rings. The molecule has 0 rings (SSSR count). The zero-order valence-electron chi connectivity index (χ0n) is 40.3. The van der Waals surface area contributed by atoms with Gasteiger partial charge in [0.1, 0.15) is 12.6 Å². The molecule has 0 heterocycles. The highest BCUT2D eigenvalue weighted by Gasteiger charge is 2.25. The number of rotatable bonds is 45. The Morgan fingerprint density at radius 3 is 1.36 bits per heavy atom. The third kappa shape index (κ3) is 42.4. The number of unbranched alkanes of at least 4 members (excludes halogenated alkanes) is 23. The van der Waals surface area contributed by atoms with E-state index >= 15 is 0 Å². The van der Waals surface area contributed by atoms with Crippen molar-refractivity contribution in [1.29, 1.82) is 0 Å². The molecular formula is C53H95NO7. The first-order valence-electron chi connectivity index (χ1n) is 25.2. The average Bonchev–Trinajstić information content (AvgIpc) is 3.22. The molecule has 0 aliphatic heterocycles. The highest BCUT2D eigenvalue weighted by Crippen LogP contribution is 2.16. The van der Waals surface area contributed by atoms with Crippen LogP contribution in [0.15, 0.2) is 48.6 Å². The summed E-state index contributed by atoms with van der Waals surface area (Å²) >= 11 is 0. The fourth-order valence-corrected chi connectivity index (χ4v) is 7.36. The van der Waals surface area contributed by atoms with E-state index < -0.39 is 18.1 Å². The third-order valence-electron chi connectivity index (χ3n) is 11.2. The summed E-state index contributed by atoms with van der Waals surface area (Å²) in [5, 5.41) is 11.7. The first-order chi connectivity index (χ1) is 29.6. The monoisotopic (exact) mass is 858 g/mol. The fraction of sp³-hybridized carbons (Fsp3) is 0.792. The first kappa shape index (κ1) is 58.3. The van der Waals surface area contributed by atoms with Gasteiger partial charge in [-0.05, 0) is 51.4 Å². The van der Waals surface area contributed by atoms with Crippen LogP contribution in [-0.2, 0) is 28.6 Å². The van der Waals surface area contributed by atoms with E-state index in [1.54, 1.807) is 21.1 Å². The highest BCUT2D eigenvalue weighted by atomic mass is 16.6. The second-order valence-corrected chi connectivity index (χ2v) is 18.0. The lowest BCUT2D eigenvalue weighted by Gasteiger charge is -2.34. The number of esters is 2. The Balaban J connectivity index is 4.27. The number of carbonyl (C=O) groups excluding carboxylic acids is 3. The van der Waals surface area contributed by atoms with E-state index in [-0.39, 0.29) is 42.7 Å². The van der Waals surface area contributed by atoms with Gasteiger partial charge in [-0.25, -0.2) is 0 Å². The normalized spacial score (nSPS) is 13.3. The number of hydrogen-bond acceptors (Lipinski definition) is 7. The van der Waals surface area contributed by atoms with E-state index in [2.05, 4.69) is 62.5 Å². The Bertz CT molecular complexity index is 1140. The van der Waals surface area contributed by atoms with Gasteiger partial charge < -0.3 is 28.6 Å². The van der Waals surface area contributed by atoms with E-state index in [0.29, 0.717) is 12.8 Å². The Labute approximate surface area is 376 Å². The molecule has 0 aromatic heterocycles. The van der Waals surface area contributed by atoms with Crippen molar-refractivity contribution in [3.05, 3.63) is 48.6 Å². The summed E-state index contributed by atoms with van der Waals surface area (Å²) in [5.41, 5.74) is 0. The van der Waals surface area contributed by atoms with Crippen molar-refractivity contribution < 1.29 is 38.2 Å². The van der Waals surface area contributed by atoms with Crippen LogP contribution in [0.2, 0.25) is 0 Å². The molecular weight excluding hydrogens is 763 g/mol. The number of carbonyl (C=O) groups is 3. The van der Waals surface area contributed by atoms with Crippen LogP contribution in [0, 0.1) is 0 Å². The van der Waals surface area contributed by atoms with Crippen molar-refractivity contribution in [3.8, 4) is 0 Å². The molecule has 8 heteroatoms. The van der Waals surface area contributed by atoms with Gasteiger partial charge in [-0.15, -0.1) is 0 Å². The lowest BCUT2D eigenvalue weighted by atomic mass is 10.0. The van der Waals surface area contributed by atoms with E-state index in [1.807, 2.05) is 0 Å². The molecule has 354 valence electrons. The van der Waals surface area contributed by atoms with Crippen molar-refractivity contribution in [2.24, 2.45) is 0 Å². The van der Waals surface area contributed by atoms with E-state index in [0.717, 1.165) is 77.0 Å². The minimum atomic E-state index is -1.13. The number of carboxylic acids is 1. The zero-order chi connectivity index (χ0) is 44.9. The number of aliphatic carboxylic acids is 1. The Kier molecular flexibility index (Phi) is 42.0. The molecule has 0 bridgehead atoms. The van der Waals surface area contributed by atoms with Crippen LogP contribution in [0.3, 0.4) is 0 Å². The molecule has 0 aromatic rings. The number of nitrogens with zero attached hydrogens (tertiary/aromatic N) is 1. The Hall–Kier alpha value is -2.71. The van der Waals surface area contributed by atoms with E-state index in [1.165, 1.54) is 109 Å². The van der Waals surface area contributed by atoms with Gasteiger partial charge in [0.2, 0.25) is 0 Å². The Morgan fingerprint density at radius 1 is 0.508 bits per heavy atom. The molecule has 61 heavy (non-hydrogen) atoms. The quantitative estimate of drug-likeness (QED) is 0.0260. The second kappa shape index (κ2) is 43.9. The molecule has 0 amide bonds. The van der Waals surface area contributed by atoms with Crippen LogP contribution in [0.4, 0.5) is 0 Å². The van der Waals surface area contributed by atoms with Crippen LogP contribution >= 0.6 is 0 Å². The maximum absolute atomic E-state index is 12.8. The summed E-state index contributed by atoms with van der Waals surface area (Å²) in [6.45, 7) is 4.56. The summed E-state index contributed by atoms with van der Waals surface area (Å²) in [4.78, 5) is 37.0. The molecule has 0 N–H and O–H groups in total. The predicted octanol–water partition coefficient (Wildman–Crippen LogP) is 13.0. The molecule has 0 aliphatic rings. The smallest absolute Gasteiger partial charge is 0.306 e. The molecule has 0 saturated carbocycles. The summed E-state index contributed by atoms with van der Waals surface area (Å²) in [6, 6.07) is -0.729. The summed E-state index contributed by atoms with van der Waals surface area (Å²) in [7, 11) is 5.41. The molecule has 0 aromatic carbocycles. The van der Waals surface area contributed by atoms with Crippen LogP contribution in [0.5, 0.6) is 0 Å². The minimum Gasteiger partial charge on any atom is -0.544 e. The van der Waals surface area contributed by atoms with E-state index in [9.17, 15) is 19.5 Å². The fourth-order valence-electron chi connectivity index (χ4n) is 7.36. The van der Waals surface area contributed by atoms with Gasteiger partial charge in [0.25, 0.3) is 0 Å². The second-order valence-electron chi connectivity index (χ2n) is 18.0. The lowest BCUT2D eigenvalue weighted by Crippen LogP contribution is -2.55. The number of quaternary nitrogens is 1. The molecule has 2 unspecified atom stereocenters. The van der Waals surface area contributed by atoms with Crippen molar-refractivity contribution in [2.45, 2.75) is 231 Å². The highest BCUT2D eigenvalue weighted by molar-refractivity contribution is 5.70. The molecule has 0 spiro atoms. The lowest BCUT2D eigenvalue weighted by molar-refractivity contribution is -0.889. The third-order valence-corrected chi connectivity index (χ3v) is 11.2. The van der Waals surface area contributed by atoms with Crippen molar-refractivity contribution in [3.63, 3.8) is 0 Å². The van der Waals surface area contributed by atoms with Crippen molar-refractivity contribution in [2.75, 3.05) is 41.0 Å². The zero-order valence-corrected chi connectivity index (χ0v) is 40.3. The van der Waals surface area contributed by atoms with Gasteiger partial charge in [-0.3, -0.25) is 9.59 Å². The molecule has 8 nitrogen and oxygen atoms in total. The number of allylic oxidation sites excluding steroid dienone is 8. The van der Waals surface area contributed by atoms with Crippen LogP contribution in [-0.4, -0.2) is 75.5 Å². The van der Waals surface area contributed by atoms with Gasteiger partial charge in [0.05, 0.1) is 40.3 Å². The Morgan fingerprint density at radius 2 is 0.918 bits per heavy atom. The van der Waals surface area contributed by atoms with Gasteiger partial charge >= 0.3 is 11.9 Å². The standard InChI is InChI=1S/C53H95NO7/c1-6-8-10-12-14-16-18-20-22-24-26-28-30-32-34-36-38-40-42-44-52(56)61-49(47-59-46-45-50(53(57)58)54(3,4)5)48-60-51(55)43-41-39-37-35-33-31-29-27-25-23-21-19-17-15-13-11-9-7-2/h8,10,14,16,20,22,26,28,49-50H,6-7,9,11-13,15,17-19,21,23-25,27,29-48H2,1-5H3/b10-8-,16-14-,22-20-,28-26-. The van der Waals surface area contributed by atoms with Crippen molar-refractivity contribution >= 4 is 17.9 Å². The van der Waals surface area contributed by atoms with Gasteiger partial charge in [0.15, 0.2) is 6.10 Å². The number of hydrogen-bond donors (Lipinski definition) is 0. The molecule has 2 atom stereocenters. The van der Waals surface area contributed by atoms with Crippen LogP contribution in [0.1, 0.15) is 219 Å². The van der Waals surface area contributed by atoms with Crippen LogP contribution in [0.25, 0.3) is 0 Å². The maximum Gasteiger partial charge on any atom is 0.306 e. The first-order valence-corrected chi connectivity index (χ1v) is 25.2. The summed E-state index contributed by atoms with van der Waals surface area (Å²) in [5.74, 6) is -1.74. The van der Waals surface area contributed by atoms with Gasteiger partial charge in [-0.1, -0.05) is 197 Å². The van der Waals surface area contributed by atoms with Crippen LogP contribution < -0.4 is 5.11 Å². The topological polar surface area (TPSA) is 102 Å². The summed E-state index contributed by atoms with van der Waals surface area (Å²) < 4.78 is 17.2.